The van der Waals surface area contributed by atoms with Crippen molar-refractivity contribution in [1.82, 2.24) is 30.0 Å². The van der Waals surface area contributed by atoms with Crippen LogP contribution in [0, 0.1) is 0 Å². The number of benzene rings is 1. The molecule has 0 aliphatic carbocycles. The fraction of sp³-hybridized carbons (Fsp3) is 0.400. The number of amides is 2. The first-order valence-electron chi connectivity index (χ1n) is 10.4. The van der Waals surface area contributed by atoms with E-state index in [0.717, 1.165) is 26.2 Å². The molecule has 1 aromatic carbocycles. The van der Waals surface area contributed by atoms with Gasteiger partial charge in [-0.05, 0) is 18.2 Å². The van der Waals surface area contributed by atoms with E-state index in [0.29, 0.717) is 44.9 Å². The summed E-state index contributed by atoms with van der Waals surface area (Å²) >= 11 is 12.1. The van der Waals surface area contributed by atoms with Crippen molar-refractivity contribution in [2.24, 2.45) is 0 Å². The molecule has 2 N–H and O–H groups in total. The molecule has 174 valence electrons. The predicted molar refractivity (Wildman–Crippen MR) is 123 cm³/mol. The lowest BCUT2D eigenvalue weighted by molar-refractivity contribution is 0.0379. The Morgan fingerprint density at radius 1 is 1.18 bits per heavy atom. The van der Waals surface area contributed by atoms with E-state index in [-0.39, 0.29) is 12.6 Å². The summed E-state index contributed by atoms with van der Waals surface area (Å²) in [5.41, 5.74) is 1.13. The summed E-state index contributed by atoms with van der Waals surface area (Å²) in [5, 5.41) is 23.4. The summed E-state index contributed by atoms with van der Waals surface area (Å²) in [6, 6.07) is 4.73. The van der Waals surface area contributed by atoms with Crippen molar-refractivity contribution in [3.63, 3.8) is 0 Å². The summed E-state index contributed by atoms with van der Waals surface area (Å²) in [6.07, 6.45) is -1.16. The number of carbonyl (C=O) groups is 1. The van der Waals surface area contributed by atoms with Crippen LogP contribution in [0.4, 0.5) is 16.6 Å². The minimum absolute atomic E-state index is 0.169. The molecular formula is C20H22Cl2N8O3. The zero-order valence-electron chi connectivity index (χ0n) is 18.0. The second-order valence-corrected chi connectivity index (χ2v) is 8.71. The Kier molecular flexibility index (Phi) is 5.65. The number of piperazine rings is 1. The molecule has 2 amide bonds. The Morgan fingerprint density at radius 3 is 2.67 bits per heavy atom. The SMILES string of the molecule is CN1C(=O)N(C)C(O)c2c1nc(N1CCNCC1)n2Cc1nnc(-c2ccc(Cl)c(Cl)c2)o1. The number of aliphatic hydroxyl groups excluding tert-OH is 1. The first-order chi connectivity index (χ1) is 15.8. The molecule has 1 unspecified atom stereocenters. The van der Waals surface area contributed by atoms with Gasteiger partial charge in [0.25, 0.3) is 0 Å². The van der Waals surface area contributed by atoms with Gasteiger partial charge in [-0.2, -0.15) is 4.98 Å². The molecule has 1 fully saturated rings. The summed E-state index contributed by atoms with van der Waals surface area (Å²) in [7, 11) is 3.18. The van der Waals surface area contributed by atoms with Crippen LogP contribution in [0.25, 0.3) is 11.5 Å². The second kappa shape index (κ2) is 8.49. The average Bonchev–Trinajstić information content (AvgIpc) is 3.44. The Balaban J connectivity index is 1.55. The van der Waals surface area contributed by atoms with Crippen molar-refractivity contribution in [2.45, 2.75) is 12.8 Å². The van der Waals surface area contributed by atoms with Crippen molar-refractivity contribution in [3.8, 4) is 11.5 Å². The number of imidazole rings is 1. The highest BCUT2D eigenvalue weighted by Gasteiger charge is 2.39. The standard InChI is InChI=1S/C20H22Cl2N8O3/c1-27-16-15(18(31)28(2)20(27)32)30(19(24-16)29-7-5-23-6-8-29)10-14-25-26-17(33-14)11-3-4-12(21)13(22)9-11/h3-4,9,18,23,31H,5-8,10H2,1-2H3. The Bertz CT molecular complexity index is 1210. The van der Waals surface area contributed by atoms with Gasteiger partial charge >= 0.3 is 6.03 Å². The molecule has 0 radical (unpaired) electrons. The molecule has 13 heteroatoms. The van der Waals surface area contributed by atoms with Crippen LogP contribution in [-0.2, 0) is 6.54 Å². The number of hydrogen-bond acceptors (Lipinski definition) is 8. The highest BCUT2D eigenvalue weighted by molar-refractivity contribution is 6.42. The van der Waals surface area contributed by atoms with Crippen LogP contribution in [0.1, 0.15) is 17.8 Å². The highest BCUT2D eigenvalue weighted by atomic mass is 35.5. The quantitative estimate of drug-likeness (QED) is 0.569. The number of hydrogen-bond donors (Lipinski definition) is 2. The molecule has 3 aromatic rings. The maximum atomic E-state index is 12.5. The molecule has 11 nitrogen and oxygen atoms in total. The van der Waals surface area contributed by atoms with Gasteiger partial charge in [0.1, 0.15) is 12.2 Å². The van der Waals surface area contributed by atoms with E-state index in [1.165, 1.54) is 9.80 Å². The van der Waals surface area contributed by atoms with Gasteiger partial charge < -0.3 is 19.7 Å². The number of nitrogens with zero attached hydrogens (tertiary/aromatic N) is 7. The molecule has 33 heavy (non-hydrogen) atoms. The van der Waals surface area contributed by atoms with Crippen LogP contribution in [-0.4, -0.2) is 76.1 Å². The number of anilines is 2. The van der Waals surface area contributed by atoms with Gasteiger partial charge in [0, 0.05) is 45.8 Å². The maximum absolute atomic E-state index is 12.5. The smallest absolute Gasteiger partial charge is 0.327 e. The minimum atomic E-state index is -1.16. The Morgan fingerprint density at radius 2 is 1.94 bits per heavy atom. The molecule has 4 heterocycles. The van der Waals surface area contributed by atoms with Crippen LogP contribution < -0.4 is 15.1 Å². The molecule has 2 aromatic heterocycles. The van der Waals surface area contributed by atoms with Crippen LogP contribution in [0.15, 0.2) is 22.6 Å². The largest absolute Gasteiger partial charge is 0.419 e. The Labute approximate surface area is 199 Å². The number of aliphatic hydroxyl groups is 1. The van der Waals surface area contributed by atoms with Crippen LogP contribution in [0.5, 0.6) is 0 Å². The molecule has 1 saturated heterocycles. The first kappa shape index (κ1) is 22.0. The zero-order chi connectivity index (χ0) is 23.3. The van der Waals surface area contributed by atoms with Gasteiger partial charge in [-0.25, -0.2) is 4.79 Å². The van der Waals surface area contributed by atoms with E-state index in [9.17, 15) is 9.90 Å². The first-order valence-corrected chi connectivity index (χ1v) is 11.1. The number of fused-ring (bicyclic) bond motifs is 1. The van der Waals surface area contributed by atoms with E-state index >= 15 is 0 Å². The number of halogens is 2. The minimum Gasteiger partial charge on any atom is -0.419 e. The number of urea groups is 1. The topological polar surface area (TPSA) is 116 Å². The Hall–Kier alpha value is -2.86. The van der Waals surface area contributed by atoms with Gasteiger partial charge in [0.15, 0.2) is 12.0 Å². The lowest BCUT2D eigenvalue weighted by Crippen LogP contribution is -2.46. The van der Waals surface area contributed by atoms with Crippen LogP contribution >= 0.6 is 23.2 Å². The summed E-state index contributed by atoms with van der Waals surface area (Å²) in [5.74, 6) is 1.65. The van der Waals surface area contributed by atoms with Crippen molar-refractivity contribution in [2.75, 3.05) is 50.1 Å². The average molecular weight is 493 g/mol. The predicted octanol–water partition coefficient (Wildman–Crippen LogP) is 2.19. The lowest BCUT2D eigenvalue weighted by Gasteiger charge is -2.34. The second-order valence-electron chi connectivity index (χ2n) is 7.90. The van der Waals surface area contributed by atoms with Crippen molar-refractivity contribution >= 4 is 41.0 Å². The molecule has 5 rings (SSSR count). The van der Waals surface area contributed by atoms with Gasteiger partial charge in [0.2, 0.25) is 17.7 Å². The molecular weight excluding hydrogens is 471 g/mol. The number of carbonyl (C=O) groups excluding carboxylic acids is 1. The maximum Gasteiger partial charge on any atom is 0.327 e. The summed E-state index contributed by atoms with van der Waals surface area (Å²) in [4.78, 5) is 22.1. The fourth-order valence-corrected chi connectivity index (χ4v) is 4.32. The number of rotatable bonds is 4. The van der Waals surface area contributed by atoms with Crippen molar-refractivity contribution in [1.29, 1.82) is 0 Å². The van der Waals surface area contributed by atoms with Crippen LogP contribution in [0.2, 0.25) is 10.0 Å². The van der Waals surface area contributed by atoms with E-state index in [1.54, 1.807) is 32.3 Å². The van der Waals surface area contributed by atoms with Gasteiger partial charge in [-0.3, -0.25) is 14.4 Å². The number of aromatic nitrogens is 4. The third-order valence-corrected chi connectivity index (χ3v) is 6.55. The third-order valence-electron chi connectivity index (χ3n) is 5.81. The molecule has 0 saturated carbocycles. The van der Waals surface area contributed by atoms with E-state index in [4.69, 9.17) is 32.6 Å². The van der Waals surface area contributed by atoms with Gasteiger partial charge in [-0.1, -0.05) is 23.2 Å². The third kappa shape index (κ3) is 3.80. The van der Waals surface area contributed by atoms with E-state index in [1.807, 2.05) is 4.57 Å². The molecule has 2 aliphatic rings. The van der Waals surface area contributed by atoms with Crippen molar-refractivity contribution in [3.05, 3.63) is 39.8 Å². The molecule has 0 spiro atoms. The monoisotopic (exact) mass is 492 g/mol. The highest BCUT2D eigenvalue weighted by Crippen LogP contribution is 2.37. The molecule has 0 bridgehead atoms. The van der Waals surface area contributed by atoms with Crippen LogP contribution in [0.3, 0.4) is 0 Å². The van der Waals surface area contributed by atoms with Gasteiger partial charge in [0.05, 0.1) is 10.0 Å². The molecule has 2 aliphatic heterocycles. The summed E-state index contributed by atoms with van der Waals surface area (Å²) < 4.78 is 7.73. The fourth-order valence-electron chi connectivity index (χ4n) is 4.02. The van der Waals surface area contributed by atoms with Gasteiger partial charge in [-0.15, -0.1) is 10.2 Å². The summed E-state index contributed by atoms with van der Waals surface area (Å²) in [6.45, 7) is 3.24. The van der Waals surface area contributed by atoms with E-state index < -0.39 is 6.23 Å². The van der Waals surface area contributed by atoms with E-state index in [2.05, 4.69) is 20.4 Å². The molecule has 1 atom stereocenters. The van der Waals surface area contributed by atoms with Crippen molar-refractivity contribution < 1.29 is 14.3 Å². The zero-order valence-corrected chi connectivity index (χ0v) is 19.5. The number of nitrogens with one attached hydrogen (secondary N) is 1. The normalized spacial score (nSPS) is 18.8. The lowest BCUT2D eigenvalue weighted by atomic mass is 10.2.